The van der Waals surface area contributed by atoms with Crippen molar-refractivity contribution in [3.8, 4) is 0 Å². The van der Waals surface area contributed by atoms with Gasteiger partial charge < -0.3 is 4.74 Å². The van der Waals surface area contributed by atoms with Gasteiger partial charge in [-0.05, 0) is 13.8 Å². The molecule has 0 aliphatic carbocycles. The van der Waals surface area contributed by atoms with Crippen molar-refractivity contribution in [3.05, 3.63) is 0 Å². The Balaban J connectivity index is 0. The van der Waals surface area contributed by atoms with Crippen LogP contribution < -0.4 is 5.32 Å². The Morgan fingerprint density at radius 1 is 1.09 bits per heavy atom. The minimum absolute atomic E-state index is 0.0556. The summed E-state index contributed by atoms with van der Waals surface area (Å²) in [4.78, 5) is 0. The smallest absolute Gasteiger partial charge is 0.113 e. The van der Waals surface area contributed by atoms with Crippen LogP contribution in [0.5, 0.6) is 0 Å². The van der Waals surface area contributed by atoms with E-state index in [0.29, 0.717) is 0 Å². The van der Waals surface area contributed by atoms with Gasteiger partial charge in [-0.25, -0.2) is 0 Å². The number of ether oxygens (including phenoxy) is 1. The van der Waals surface area contributed by atoms with Gasteiger partial charge in [-0.1, -0.05) is 27.7 Å². The summed E-state index contributed by atoms with van der Waals surface area (Å²) in [5, 5.41) is 3.17. The van der Waals surface area contributed by atoms with Crippen LogP contribution in [0.4, 0.5) is 0 Å². The highest BCUT2D eigenvalue weighted by Gasteiger charge is 2.21. The molecule has 1 N–H and O–H groups in total. The molecule has 70 valence electrons. The third-order valence-electron chi connectivity index (χ3n) is 1.12. The van der Waals surface area contributed by atoms with Gasteiger partial charge in [0.25, 0.3) is 0 Å². The maximum Gasteiger partial charge on any atom is 0.113 e. The first-order valence-electron chi connectivity index (χ1n) is 4.60. The molecule has 0 bridgehead atoms. The highest BCUT2D eigenvalue weighted by molar-refractivity contribution is 4.70. The summed E-state index contributed by atoms with van der Waals surface area (Å²) in [6.07, 6.45) is 0. The molecule has 0 aromatic rings. The molecule has 0 aromatic heterocycles. The molecular weight excluding hydrogens is 138 g/mol. The largest absolute Gasteiger partial charge is 0.360 e. The highest BCUT2D eigenvalue weighted by Crippen LogP contribution is 2.07. The van der Waals surface area contributed by atoms with Crippen LogP contribution in [0.15, 0.2) is 0 Å². The highest BCUT2D eigenvalue weighted by atomic mass is 16.5. The summed E-state index contributed by atoms with van der Waals surface area (Å²) in [5.74, 6) is 0. The minimum atomic E-state index is -0.0556. The van der Waals surface area contributed by atoms with Crippen LogP contribution in [0, 0.1) is 0 Å². The Morgan fingerprint density at radius 2 is 1.55 bits per heavy atom. The van der Waals surface area contributed by atoms with E-state index in [0.717, 1.165) is 13.2 Å². The third-order valence-corrected chi connectivity index (χ3v) is 1.12. The molecular formula is C9H23NO. The van der Waals surface area contributed by atoms with E-state index in [1.165, 1.54) is 0 Å². The van der Waals surface area contributed by atoms with Gasteiger partial charge in [-0.2, -0.15) is 0 Å². The van der Waals surface area contributed by atoms with Crippen molar-refractivity contribution in [3.63, 3.8) is 0 Å². The lowest BCUT2D eigenvalue weighted by atomic mass is 10.3. The monoisotopic (exact) mass is 161 g/mol. The Kier molecular flexibility index (Phi) is 9.85. The summed E-state index contributed by atoms with van der Waals surface area (Å²) in [7, 11) is 0. The van der Waals surface area contributed by atoms with E-state index < -0.39 is 0 Å². The SMILES string of the molecule is CC.CC.CC1(C)NCCO1. The van der Waals surface area contributed by atoms with Crippen LogP contribution in [0.25, 0.3) is 0 Å². The van der Waals surface area contributed by atoms with Crippen LogP contribution in [-0.2, 0) is 4.74 Å². The lowest BCUT2D eigenvalue weighted by Gasteiger charge is -2.15. The van der Waals surface area contributed by atoms with E-state index in [-0.39, 0.29) is 5.72 Å². The first kappa shape index (κ1) is 13.5. The summed E-state index contributed by atoms with van der Waals surface area (Å²) in [5.41, 5.74) is -0.0556. The fraction of sp³-hybridized carbons (Fsp3) is 1.00. The molecule has 2 nitrogen and oxygen atoms in total. The van der Waals surface area contributed by atoms with Crippen molar-refractivity contribution < 1.29 is 4.74 Å². The van der Waals surface area contributed by atoms with E-state index >= 15 is 0 Å². The first-order chi connectivity index (χ1) is 5.21. The average Bonchev–Trinajstić information content (AvgIpc) is 2.43. The third kappa shape index (κ3) is 7.82. The van der Waals surface area contributed by atoms with Gasteiger partial charge in [0.1, 0.15) is 5.72 Å². The second kappa shape index (κ2) is 8.02. The van der Waals surface area contributed by atoms with Gasteiger partial charge in [0.2, 0.25) is 0 Å². The summed E-state index contributed by atoms with van der Waals surface area (Å²) < 4.78 is 5.23. The summed E-state index contributed by atoms with van der Waals surface area (Å²) in [6, 6.07) is 0. The standard InChI is InChI=1S/C5H11NO.2C2H6/c1-5(2)6-3-4-7-5;2*1-2/h6H,3-4H2,1-2H3;2*1-2H3. The topological polar surface area (TPSA) is 21.3 Å². The van der Waals surface area contributed by atoms with Gasteiger partial charge >= 0.3 is 0 Å². The molecule has 1 aliphatic rings. The zero-order valence-electron chi connectivity index (χ0n) is 8.82. The molecule has 1 saturated heterocycles. The molecule has 11 heavy (non-hydrogen) atoms. The van der Waals surface area contributed by atoms with Gasteiger partial charge in [-0.3, -0.25) is 5.32 Å². The Morgan fingerprint density at radius 3 is 1.64 bits per heavy atom. The van der Waals surface area contributed by atoms with E-state index in [9.17, 15) is 0 Å². The molecule has 1 heterocycles. The lowest BCUT2D eigenvalue weighted by molar-refractivity contribution is 0.0233. The quantitative estimate of drug-likeness (QED) is 0.589. The summed E-state index contributed by atoms with van der Waals surface area (Å²) in [6.45, 7) is 13.9. The van der Waals surface area contributed by atoms with Crippen LogP contribution in [-0.4, -0.2) is 18.9 Å². The summed E-state index contributed by atoms with van der Waals surface area (Å²) >= 11 is 0. The zero-order valence-corrected chi connectivity index (χ0v) is 8.82. The molecule has 1 fully saturated rings. The normalized spacial score (nSPS) is 19.1. The van der Waals surface area contributed by atoms with Crippen molar-refractivity contribution in [2.75, 3.05) is 13.2 Å². The first-order valence-corrected chi connectivity index (χ1v) is 4.60. The number of hydrogen-bond donors (Lipinski definition) is 1. The Labute approximate surface area is 71.3 Å². The van der Waals surface area contributed by atoms with Crippen LogP contribution in [0.1, 0.15) is 41.5 Å². The maximum absolute atomic E-state index is 5.23. The molecule has 0 atom stereocenters. The second-order valence-corrected chi connectivity index (χ2v) is 2.29. The van der Waals surface area contributed by atoms with Crippen LogP contribution in [0.2, 0.25) is 0 Å². The van der Waals surface area contributed by atoms with E-state index in [2.05, 4.69) is 5.32 Å². The fourth-order valence-electron chi connectivity index (χ4n) is 0.709. The van der Waals surface area contributed by atoms with Crippen molar-refractivity contribution in [2.24, 2.45) is 0 Å². The van der Waals surface area contributed by atoms with Crippen LogP contribution >= 0.6 is 0 Å². The number of hydrogen-bond acceptors (Lipinski definition) is 2. The number of rotatable bonds is 0. The van der Waals surface area contributed by atoms with Crippen LogP contribution in [0.3, 0.4) is 0 Å². The molecule has 1 rings (SSSR count). The van der Waals surface area contributed by atoms with E-state index in [1.54, 1.807) is 0 Å². The molecule has 0 aromatic carbocycles. The Bertz CT molecular complexity index is 64.0. The molecule has 2 heteroatoms. The van der Waals surface area contributed by atoms with E-state index in [4.69, 9.17) is 4.74 Å². The number of nitrogens with one attached hydrogen (secondary N) is 1. The second-order valence-electron chi connectivity index (χ2n) is 2.29. The maximum atomic E-state index is 5.23. The van der Waals surface area contributed by atoms with Crippen molar-refractivity contribution in [1.29, 1.82) is 0 Å². The predicted octanol–water partition coefficient (Wildman–Crippen LogP) is 2.39. The molecule has 1 aliphatic heterocycles. The van der Waals surface area contributed by atoms with Gasteiger partial charge in [0.15, 0.2) is 0 Å². The van der Waals surface area contributed by atoms with Crippen molar-refractivity contribution in [2.45, 2.75) is 47.3 Å². The lowest BCUT2D eigenvalue weighted by Crippen LogP contribution is -2.33. The predicted molar refractivity (Wildman–Crippen MR) is 50.7 cm³/mol. The van der Waals surface area contributed by atoms with Crippen molar-refractivity contribution >= 4 is 0 Å². The minimum Gasteiger partial charge on any atom is -0.360 e. The average molecular weight is 161 g/mol. The zero-order chi connectivity index (χ0) is 9.33. The Hall–Kier alpha value is -0.0800. The molecule has 0 unspecified atom stereocenters. The van der Waals surface area contributed by atoms with E-state index in [1.807, 2.05) is 41.5 Å². The molecule has 0 spiro atoms. The molecule has 0 amide bonds. The molecule has 0 saturated carbocycles. The van der Waals surface area contributed by atoms with Gasteiger partial charge in [0.05, 0.1) is 6.61 Å². The fourth-order valence-corrected chi connectivity index (χ4v) is 0.709. The van der Waals surface area contributed by atoms with Crippen molar-refractivity contribution in [1.82, 2.24) is 5.32 Å². The van der Waals surface area contributed by atoms with Gasteiger partial charge in [0, 0.05) is 6.54 Å². The molecule has 0 radical (unpaired) electrons. The van der Waals surface area contributed by atoms with Gasteiger partial charge in [-0.15, -0.1) is 0 Å².